The lowest BCUT2D eigenvalue weighted by Gasteiger charge is -2.10. The van der Waals surface area contributed by atoms with Gasteiger partial charge in [-0.3, -0.25) is 0 Å². The van der Waals surface area contributed by atoms with E-state index in [1.165, 1.54) is 0 Å². The minimum Gasteiger partial charge on any atom is -0.201 e. The molecule has 0 unspecified atom stereocenters. The second-order valence-electron chi connectivity index (χ2n) is 4.13. The van der Waals surface area contributed by atoms with Crippen LogP contribution < -0.4 is 4.57 Å². The van der Waals surface area contributed by atoms with E-state index < -0.39 is 6.85 Å². The molecule has 0 aliphatic rings. The molecule has 0 amide bonds. The van der Waals surface area contributed by atoms with Gasteiger partial charge in [-0.25, -0.2) is 4.57 Å². The van der Waals surface area contributed by atoms with Gasteiger partial charge in [0.2, 0.25) is 5.69 Å². The van der Waals surface area contributed by atoms with Crippen LogP contribution in [0.4, 0.5) is 0 Å². The highest BCUT2D eigenvalue weighted by molar-refractivity contribution is 5.66. The topological polar surface area (TPSA) is 3.88 Å². The van der Waals surface area contributed by atoms with Crippen molar-refractivity contribution in [1.82, 2.24) is 0 Å². The number of rotatable bonds is 1. The van der Waals surface area contributed by atoms with Crippen LogP contribution in [0.5, 0.6) is 0 Å². The van der Waals surface area contributed by atoms with Gasteiger partial charge in [0, 0.05) is 16.2 Å². The first-order valence-electron chi connectivity index (χ1n) is 6.88. The van der Waals surface area contributed by atoms with Crippen LogP contribution in [0.1, 0.15) is 20.8 Å². The Morgan fingerprint density at radius 2 is 1.81 bits per heavy atom. The molecule has 0 bridgehead atoms. The van der Waals surface area contributed by atoms with Crippen LogP contribution in [0.25, 0.3) is 11.3 Å². The third-order valence-electron chi connectivity index (χ3n) is 2.98. The standard InChI is InChI=1S/C15H18N/c1-11-8-9-12(2)15(13(11)3)14-7-5-6-10-16(14)4/h5-10H,1-4H3/q+1/i1D3. The number of pyridine rings is 1. The van der Waals surface area contributed by atoms with Crippen molar-refractivity contribution in [3.63, 3.8) is 0 Å². The Hall–Kier alpha value is -1.63. The van der Waals surface area contributed by atoms with Crippen molar-refractivity contribution in [2.75, 3.05) is 0 Å². The van der Waals surface area contributed by atoms with E-state index in [0.717, 1.165) is 22.4 Å². The maximum absolute atomic E-state index is 7.62. The molecule has 1 aromatic carbocycles. The first-order chi connectivity index (χ1) is 8.82. The Bertz CT molecular complexity index is 615. The highest BCUT2D eigenvalue weighted by atomic mass is 14.9. The van der Waals surface area contributed by atoms with E-state index in [-0.39, 0.29) is 0 Å². The Labute approximate surface area is 102 Å². The van der Waals surface area contributed by atoms with Crippen LogP contribution in [0, 0.1) is 20.7 Å². The summed E-state index contributed by atoms with van der Waals surface area (Å²) in [6.45, 7) is 1.83. The lowest BCUT2D eigenvalue weighted by atomic mass is 9.95. The summed E-state index contributed by atoms with van der Waals surface area (Å²) in [5, 5.41) is 0. The first kappa shape index (κ1) is 7.61. The van der Waals surface area contributed by atoms with Gasteiger partial charge in [-0.15, -0.1) is 0 Å². The first-order valence-corrected chi connectivity index (χ1v) is 5.38. The van der Waals surface area contributed by atoms with Gasteiger partial charge in [-0.05, 0) is 43.5 Å². The summed E-state index contributed by atoms with van der Waals surface area (Å²) >= 11 is 0. The summed E-state index contributed by atoms with van der Waals surface area (Å²) in [5.41, 5.74) is 4.39. The SMILES string of the molecule is [2H]C([2H])([2H])c1ccc(C)c(-c2cccc[n+]2C)c1C. The van der Waals surface area contributed by atoms with Crippen LogP contribution in [-0.4, -0.2) is 0 Å². The lowest BCUT2D eigenvalue weighted by molar-refractivity contribution is -0.660. The number of hydrogen-bond acceptors (Lipinski definition) is 0. The summed E-state index contributed by atoms with van der Waals surface area (Å²) in [7, 11) is 1.97. The molecule has 1 heterocycles. The fourth-order valence-corrected chi connectivity index (χ4v) is 2.02. The fourth-order valence-electron chi connectivity index (χ4n) is 2.02. The molecule has 0 saturated carbocycles. The fraction of sp³-hybridized carbons (Fsp3) is 0.267. The highest BCUT2D eigenvalue weighted by Crippen LogP contribution is 2.26. The van der Waals surface area contributed by atoms with Crippen LogP contribution in [0.2, 0.25) is 0 Å². The third-order valence-corrected chi connectivity index (χ3v) is 2.98. The monoisotopic (exact) mass is 215 g/mol. The van der Waals surface area contributed by atoms with Crippen molar-refractivity contribution < 1.29 is 8.68 Å². The Kier molecular flexibility index (Phi) is 1.95. The molecule has 0 aliphatic carbocycles. The smallest absolute Gasteiger partial charge is 0.201 e. The molecular weight excluding hydrogens is 194 g/mol. The third kappa shape index (κ3) is 1.73. The molecule has 0 saturated heterocycles. The van der Waals surface area contributed by atoms with Crippen LogP contribution in [-0.2, 0) is 7.05 Å². The Morgan fingerprint density at radius 3 is 2.50 bits per heavy atom. The van der Waals surface area contributed by atoms with Crippen molar-refractivity contribution in [2.24, 2.45) is 7.05 Å². The second-order valence-corrected chi connectivity index (χ2v) is 4.13. The summed E-state index contributed by atoms with van der Waals surface area (Å²) in [5.74, 6) is 0. The molecule has 0 fully saturated rings. The molecule has 1 aromatic heterocycles. The predicted molar refractivity (Wildman–Crippen MR) is 67.3 cm³/mol. The van der Waals surface area contributed by atoms with E-state index in [1.54, 1.807) is 6.07 Å². The highest BCUT2D eigenvalue weighted by Gasteiger charge is 2.14. The molecule has 0 radical (unpaired) electrons. The summed E-state index contributed by atoms with van der Waals surface area (Å²) in [4.78, 5) is 0. The number of nitrogens with zero attached hydrogens (tertiary/aromatic N) is 1. The minimum atomic E-state index is -2.07. The van der Waals surface area contributed by atoms with E-state index in [4.69, 9.17) is 4.11 Å². The van der Waals surface area contributed by atoms with Gasteiger partial charge < -0.3 is 0 Å². The van der Waals surface area contributed by atoms with E-state index in [9.17, 15) is 0 Å². The van der Waals surface area contributed by atoms with E-state index >= 15 is 0 Å². The molecule has 82 valence electrons. The number of aromatic nitrogens is 1. The molecule has 1 nitrogen and oxygen atoms in total. The average molecular weight is 215 g/mol. The Morgan fingerprint density at radius 1 is 1.06 bits per heavy atom. The van der Waals surface area contributed by atoms with Gasteiger partial charge >= 0.3 is 0 Å². The predicted octanol–water partition coefficient (Wildman–Crippen LogP) is 3.10. The van der Waals surface area contributed by atoms with E-state index in [2.05, 4.69) is 0 Å². The van der Waals surface area contributed by atoms with E-state index in [1.807, 2.05) is 55.9 Å². The number of hydrogen-bond donors (Lipinski definition) is 0. The molecule has 2 aromatic rings. The van der Waals surface area contributed by atoms with Gasteiger partial charge in [0.05, 0.1) is 5.56 Å². The van der Waals surface area contributed by atoms with Gasteiger partial charge in [0.1, 0.15) is 7.05 Å². The summed E-state index contributed by atoms with van der Waals surface area (Å²) in [6, 6.07) is 9.54. The molecular formula is C15H18N+. The van der Waals surface area contributed by atoms with Crippen molar-refractivity contribution in [1.29, 1.82) is 0 Å². The molecule has 0 spiro atoms. The number of benzene rings is 1. The quantitative estimate of drug-likeness (QED) is 0.644. The zero-order valence-corrected chi connectivity index (χ0v) is 9.91. The van der Waals surface area contributed by atoms with Crippen LogP contribution in [0.15, 0.2) is 36.5 Å². The average Bonchev–Trinajstić information content (AvgIpc) is 2.29. The van der Waals surface area contributed by atoms with Crippen LogP contribution in [0.3, 0.4) is 0 Å². The summed E-state index contributed by atoms with van der Waals surface area (Å²) in [6.07, 6.45) is 1.97. The zero-order valence-electron chi connectivity index (χ0n) is 12.9. The van der Waals surface area contributed by atoms with Crippen molar-refractivity contribution in [3.05, 3.63) is 53.2 Å². The van der Waals surface area contributed by atoms with Gasteiger partial charge in [0.25, 0.3) is 0 Å². The molecule has 1 heteroatoms. The van der Waals surface area contributed by atoms with Crippen molar-refractivity contribution in [2.45, 2.75) is 20.7 Å². The van der Waals surface area contributed by atoms with E-state index in [0.29, 0.717) is 5.56 Å². The van der Waals surface area contributed by atoms with Gasteiger partial charge in [-0.2, -0.15) is 0 Å². The van der Waals surface area contributed by atoms with Gasteiger partial charge in [0.15, 0.2) is 6.20 Å². The largest absolute Gasteiger partial charge is 0.212 e. The maximum Gasteiger partial charge on any atom is 0.212 e. The van der Waals surface area contributed by atoms with Crippen molar-refractivity contribution in [3.8, 4) is 11.3 Å². The molecule has 0 N–H and O–H groups in total. The molecule has 0 aliphatic heterocycles. The lowest BCUT2D eigenvalue weighted by Crippen LogP contribution is -2.30. The molecule has 16 heavy (non-hydrogen) atoms. The summed E-state index contributed by atoms with van der Waals surface area (Å²) < 4.78 is 24.9. The maximum atomic E-state index is 7.62. The second kappa shape index (κ2) is 4.09. The Balaban J connectivity index is 2.74. The molecule has 0 atom stereocenters. The van der Waals surface area contributed by atoms with Crippen molar-refractivity contribution >= 4 is 0 Å². The zero-order chi connectivity index (χ0) is 14.2. The van der Waals surface area contributed by atoms with Crippen LogP contribution >= 0.6 is 0 Å². The van der Waals surface area contributed by atoms with Gasteiger partial charge in [-0.1, -0.05) is 12.1 Å². The number of aryl methyl sites for hydroxylation is 3. The molecule has 2 rings (SSSR count). The minimum absolute atomic E-state index is 0.428. The normalized spacial score (nSPS) is 14.1.